The van der Waals surface area contributed by atoms with Crippen molar-refractivity contribution in [2.24, 2.45) is 0 Å². The Bertz CT molecular complexity index is 291. The van der Waals surface area contributed by atoms with Crippen molar-refractivity contribution >= 4 is 5.97 Å². The van der Waals surface area contributed by atoms with Gasteiger partial charge in [0, 0.05) is 0 Å². The van der Waals surface area contributed by atoms with Gasteiger partial charge < -0.3 is 9.15 Å². The van der Waals surface area contributed by atoms with E-state index in [1.807, 2.05) is 13.8 Å². The maximum absolute atomic E-state index is 11.1. The van der Waals surface area contributed by atoms with Crippen LogP contribution in [-0.2, 0) is 4.74 Å². The molecule has 0 aliphatic heterocycles. The molecule has 1 aromatic heterocycles. The highest BCUT2D eigenvalue weighted by atomic mass is 16.5. The van der Waals surface area contributed by atoms with E-state index in [2.05, 4.69) is 4.98 Å². The fourth-order valence-corrected chi connectivity index (χ4v) is 0.838. The van der Waals surface area contributed by atoms with Gasteiger partial charge in [0.15, 0.2) is 0 Å². The molecule has 13 heavy (non-hydrogen) atoms. The van der Waals surface area contributed by atoms with Crippen molar-refractivity contribution in [1.29, 1.82) is 0 Å². The largest absolute Gasteiger partial charge is 0.459 e. The summed E-state index contributed by atoms with van der Waals surface area (Å²) in [6.45, 7) is 6.03. The monoisotopic (exact) mass is 183 g/mol. The van der Waals surface area contributed by atoms with Crippen molar-refractivity contribution in [3.05, 3.63) is 17.8 Å². The lowest BCUT2D eigenvalue weighted by atomic mass is 10.2. The van der Waals surface area contributed by atoms with E-state index in [4.69, 9.17) is 9.15 Å². The highest BCUT2D eigenvalue weighted by Gasteiger charge is 2.15. The van der Waals surface area contributed by atoms with Crippen LogP contribution in [0.3, 0.4) is 0 Å². The minimum atomic E-state index is -0.505. The average Bonchev–Trinajstić information content (AvgIpc) is 2.52. The Morgan fingerprint density at radius 1 is 1.69 bits per heavy atom. The quantitative estimate of drug-likeness (QED) is 0.672. The predicted octanol–water partition coefficient (Wildman–Crippen LogP) is 1.97. The summed E-state index contributed by atoms with van der Waals surface area (Å²) in [4.78, 5) is 15.1. The number of oxazole rings is 1. The molecule has 4 nitrogen and oxygen atoms in total. The Labute approximate surface area is 76.9 Å². The lowest BCUT2D eigenvalue weighted by Gasteiger charge is -1.96. The number of ether oxygens (including phenoxy) is 1. The average molecular weight is 183 g/mol. The van der Waals surface area contributed by atoms with Gasteiger partial charge in [-0.3, -0.25) is 0 Å². The lowest BCUT2D eigenvalue weighted by molar-refractivity contribution is 0.0481. The lowest BCUT2D eigenvalue weighted by Crippen LogP contribution is -2.05. The fraction of sp³-hybridized carbons (Fsp3) is 0.556. The number of carbonyl (C=O) groups is 1. The number of nitrogens with zero attached hydrogens (tertiary/aromatic N) is 1. The van der Waals surface area contributed by atoms with Crippen molar-refractivity contribution < 1.29 is 13.9 Å². The molecule has 0 amide bonds. The first-order valence-electron chi connectivity index (χ1n) is 4.27. The third kappa shape index (κ3) is 2.31. The minimum absolute atomic E-state index is 0.0329. The molecule has 0 saturated heterocycles. The van der Waals surface area contributed by atoms with E-state index in [0.29, 0.717) is 6.61 Å². The zero-order valence-electron chi connectivity index (χ0n) is 8.03. The molecule has 1 rings (SSSR count). The Hall–Kier alpha value is -1.32. The Morgan fingerprint density at radius 2 is 2.38 bits per heavy atom. The molecule has 4 heteroatoms. The highest BCUT2D eigenvalue weighted by molar-refractivity contribution is 5.84. The molecule has 0 N–H and O–H groups in total. The first-order chi connectivity index (χ1) is 6.15. The highest BCUT2D eigenvalue weighted by Crippen LogP contribution is 2.13. The molecule has 72 valence electrons. The van der Waals surface area contributed by atoms with Gasteiger partial charge in [-0.1, -0.05) is 13.8 Å². The van der Waals surface area contributed by atoms with Crippen LogP contribution in [0, 0.1) is 0 Å². The second-order valence-corrected chi connectivity index (χ2v) is 2.95. The summed E-state index contributed by atoms with van der Waals surface area (Å²) in [5.74, 6) is -0.216. The second kappa shape index (κ2) is 4.07. The smallest absolute Gasteiger partial charge is 0.394 e. The van der Waals surface area contributed by atoms with Crippen LogP contribution in [0.2, 0.25) is 0 Å². The number of aromatic nitrogens is 1. The second-order valence-electron chi connectivity index (χ2n) is 2.95. The summed E-state index contributed by atoms with van der Waals surface area (Å²) in [5.41, 5.74) is 0.767. The van der Waals surface area contributed by atoms with Crippen LogP contribution in [0.15, 0.2) is 10.7 Å². The van der Waals surface area contributed by atoms with E-state index in [9.17, 15) is 4.79 Å². The molecule has 0 spiro atoms. The van der Waals surface area contributed by atoms with E-state index in [0.717, 1.165) is 5.69 Å². The first kappa shape index (κ1) is 9.77. The molecule has 0 aliphatic rings. The summed E-state index contributed by atoms with van der Waals surface area (Å²) >= 11 is 0. The first-order valence-corrected chi connectivity index (χ1v) is 4.27. The van der Waals surface area contributed by atoms with Gasteiger partial charge in [-0.2, -0.15) is 0 Å². The number of rotatable bonds is 3. The number of carbonyl (C=O) groups excluding carboxylic acids is 1. The standard InChI is InChI=1S/C9H13NO3/c1-4-12-9(11)8-10-7(5-13-8)6(2)3/h5-6H,4H2,1-3H3. The summed E-state index contributed by atoms with van der Waals surface area (Å²) in [7, 11) is 0. The van der Waals surface area contributed by atoms with Crippen LogP contribution in [-0.4, -0.2) is 17.6 Å². The zero-order chi connectivity index (χ0) is 9.84. The van der Waals surface area contributed by atoms with Gasteiger partial charge in [-0.05, 0) is 12.8 Å². The normalized spacial score (nSPS) is 10.5. The van der Waals surface area contributed by atoms with Gasteiger partial charge in [0.25, 0.3) is 0 Å². The van der Waals surface area contributed by atoms with E-state index in [1.165, 1.54) is 6.26 Å². The van der Waals surface area contributed by atoms with Gasteiger partial charge in [-0.15, -0.1) is 0 Å². The zero-order valence-corrected chi connectivity index (χ0v) is 8.03. The van der Waals surface area contributed by atoms with Crippen LogP contribution in [0.4, 0.5) is 0 Å². The molecule has 0 fully saturated rings. The molecule has 0 radical (unpaired) electrons. The molecule has 0 aromatic carbocycles. The third-order valence-corrected chi connectivity index (χ3v) is 1.56. The van der Waals surface area contributed by atoms with Gasteiger partial charge in [0.2, 0.25) is 0 Å². The summed E-state index contributed by atoms with van der Waals surface area (Å²) in [6.07, 6.45) is 1.48. The van der Waals surface area contributed by atoms with E-state index in [1.54, 1.807) is 6.92 Å². The van der Waals surface area contributed by atoms with E-state index < -0.39 is 5.97 Å². The Kier molecular flexibility index (Phi) is 3.06. The molecule has 0 aliphatic carbocycles. The molecule has 0 atom stereocenters. The molecule has 0 unspecified atom stereocenters. The Morgan fingerprint density at radius 3 is 2.85 bits per heavy atom. The van der Waals surface area contributed by atoms with Crippen LogP contribution in [0.25, 0.3) is 0 Å². The van der Waals surface area contributed by atoms with Crippen molar-refractivity contribution in [2.75, 3.05) is 6.61 Å². The molecule has 0 saturated carbocycles. The van der Waals surface area contributed by atoms with Crippen LogP contribution in [0.1, 0.15) is 43.1 Å². The minimum Gasteiger partial charge on any atom is -0.459 e. The molecule has 1 heterocycles. The third-order valence-electron chi connectivity index (χ3n) is 1.56. The van der Waals surface area contributed by atoms with E-state index in [-0.39, 0.29) is 11.8 Å². The van der Waals surface area contributed by atoms with Crippen molar-refractivity contribution in [1.82, 2.24) is 4.98 Å². The number of hydrogen-bond acceptors (Lipinski definition) is 4. The molecular formula is C9H13NO3. The van der Waals surface area contributed by atoms with Crippen LogP contribution < -0.4 is 0 Å². The maximum Gasteiger partial charge on any atom is 0.394 e. The topological polar surface area (TPSA) is 52.3 Å². The maximum atomic E-state index is 11.1. The SMILES string of the molecule is CCOC(=O)c1nc(C(C)C)co1. The number of esters is 1. The summed E-state index contributed by atoms with van der Waals surface area (Å²) < 4.78 is 9.68. The predicted molar refractivity (Wildman–Crippen MR) is 46.5 cm³/mol. The molecular weight excluding hydrogens is 170 g/mol. The van der Waals surface area contributed by atoms with Gasteiger partial charge in [0.05, 0.1) is 12.3 Å². The number of hydrogen-bond donors (Lipinski definition) is 0. The molecule has 0 bridgehead atoms. The van der Waals surface area contributed by atoms with Crippen molar-refractivity contribution in [3.63, 3.8) is 0 Å². The molecule has 1 aromatic rings. The van der Waals surface area contributed by atoms with Gasteiger partial charge in [-0.25, -0.2) is 9.78 Å². The van der Waals surface area contributed by atoms with Crippen molar-refractivity contribution in [3.8, 4) is 0 Å². The van der Waals surface area contributed by atoms with E-state index >= 15 is 0 Å². The van der Waals surface area contributed by atoms with Crippen LogP contribution in [0.5, 0.6) is 0 Å². The van der Waals surface area contributed by atoms with Crippen molar-refractivity contribution in [2.45, 2.75) is 26.7 Å². The Balaban J connectivity index is 2.73. The van der Waals surface area contributed by atoms with Crippen LogP contribution >= 0.6 is 0 Å². The fourth-order valence-electron chi connectivity index (χ4n) is 0.838. The van der Waals surface area contributed by atoms with Gasteiger partial charge in [0.1, 0.15) is 6.26 Å². The summed E-state index contributed by atoms with van der Waals surface area (Å²) in [5, 5.41) is 0. The van der Waals surface area contributed by atoms with Gasteiger partial charge >= 0.3 is 11.9 Å². The summed E-state index contributed by atoms with van der Waals surface area (Å²) in [6, 6.07) is 0.